The Labute approximate surface area is 208 Å². The predicted molar refractivity (Wildman–Crippen MR) is 118 cm³/mol. The van der Waals surface area contributed by atoms with Gasteiger partial charge in [0.15, 0.2) is 18.5 Å². The monoisotopic (exact) mass is 519 g/mol. The Bertz CT molecular complexity index is 773. The molecule has 0 bridgehead atoms. The Morgan fingerprint density at radius 1 is 0.889 bits per heavy atom. The van der Waals surface area contributed by atoms with Crippen molar-refractivity contribution in [3.8, 4) is 0 Å². The van der Waals surface area contributed by atoms with E-state index in [4.69, 9.17) is 38.7 Å². The summed E-state index contributed by atoms with van der Waals surface area (Å²) in [6, 6.07) is -1.21. The topological polar surface area (TPSA) is 191 Å². The number of methoxy groups -OCH3 is 1. The summed E-state index contributed by atoms with van der Waals surface area (Å²) in [4.78, 5) is 48.5. The molecule has 0 aromatic heterocycles. The van der Waals surface area contributed by atoms with E-state index in [-0.39, 0.29) is 38.8 Å². The summed E-state index contributed by atoms with van der Waals surface area (Å²) >= 11 is 0. The molecule has 0 aliphatic carbocycles. The normalized spacial score (nSPS) is 23.2. The summed E-state index contributed by atoms with van der Waals surface area (Å²) in [5, 5.41) is 3.62. The van der Waals surface area contributed by atoms with Crippen LogP contribution in [0.1, 0.15) is 33.6 Å². The molecule has 5 atom stereocenters. The average molecular weight is 520 g/mol. The van der Waals surface area contributed by atoms with Gasteiger partial charge in [0.05, 0.1) is 33.5 Å². The van der Waals surface area contributed by atoms with Gasteiger partial charge < -0.3 is 37.9 Å². The van der Waals surface area contributed by atoms with Gasteiger partial charge in [0, 0.05) is 38.7 Å². The highest BCUT2D eigenvalue weighted by atomic mass is 16.7. The van der Waals surface area contributed by atoms with E-state index in [0.29, 0.717) is 19.6 Å². The zero-order valence-electron chi connectivity index (χ0n) is 20.8. The first kappa shape index (κ1) is 31.1. The van der Waals surface area contributed by atoms with Gasteiger partial charge in [-0.2, -0.15) is 0 Å². The van der Waals surface area contributed by atoms with Crippen molar-refractivity contribution in [2.75, 3.05) is 46.8 Å². The van der Waals surface area contributed by atoms with Crippen LogP contribution in [0.15, 0.2) is 5.11 Å². The number of hydrogen-bond donors (Lipinski definition) is 0. The summed E-state index contributed by atoms with van der Waals surface area (Å²) in [6.45, 7) is 4.17. The fourth-order valence-electron chi connectivity index (χ4n) is 3.17. The van der Waals surface area contributed by atoms with Crippen molar-refractivity contribution in [3.63, 3.8) is 0 Å². The molecule has 0 radical (unpaired) electrons. The van der Waals surface area contributed by atoms with Crippen molar-refractivity contribution < 1.29 is 57.1 Å². The van der Waals surface area contributed by atoms with Crippen molar-refractivity contribution in [1.29, 1.82) is 0 Å². The highest BCUT2D eigenvalue weighted by molar-refractivity contribution is 5.69. The lowest BCUT2D eigenvalue weighted by Gasteiger charge is -2.43. The van der Waals surface area contributed by atoms with Crippen LogP contribution in [0.3, 0.4) is 0 Å². The lowest BCUT2D eigenvalue weighted by atomic mass is 9.97. The standard InChI is InChI=1S/C21H33N3O12/c1-13(25)33-12-16-19(34-14(2)26)20(35-15(3)27)18(23-24-22)21(36-16)32-11-10-31-9-8-30-7-5-6-17(28)29-4/h16,18-21H,5-12H2,1-4H3/t16-,18+,19-,20-,21-/m1/s1. The van der Waals surface area contributed by atoms with E-state index in [1.165, 1.54) is 14.0 Å². The number of carbonyl (C=O) groups excluding carboxylic acids is 4. The molecular weight excluding hydrogens is 486 g/mol. The number of nitrogens with zero attached hydrogens (tertiary/aromatic N) is 3. The van der Waals surface area contributed by atoms with Crippen molar-refractivity contribution in [1.82, 2.24) is 0 Å². The number of hydrogen-bond acceptors (Lipinski definition) is 13. The molecule has 1 fully saturated rings. The maximum absolute atomic E-state index is 11.7. The van der Waals surface area contributed by atoms with E-state index in [0.717, 1.165) is 13.8 Å². The van der Waals surface area contributed by atoms with Crippen LogP contribution in [-0.2, 0) is 57.1 Å². The summed E-state index contributed by atoms with van der Waals surface area (Å²) < 4.78 is 42.3. The fraction of sp³-hybridized carbons (Fsp3) is 0.810. The van der Waals surface area contributed by atoms with Gasteiger partial charge in [0.1, 0.15) is 18.8 Å². The zero-order valence-corrected chi connectivity index (χ0v) is 20.8. The molecule has 0 saturated carbocycles. The summed E-state index contributed by atoms with van der Waals surface area (Å²) in [6.07, 6.45) is -3.99. The summed E-state index contributed by atoms with van der Waals surface area (Å²) in [5.74, 6) is -2.36. The van der Waals surface area contributed by atoms with Gasteiger partial charge in [-0.1, -0.05) is 5.11 Å². The maximum Gasteiger partial charge on any atom is 0.305 e. The van der Waals surface area contributed by atoms with Crippen molar-refractivity contribution >= 4 is 23.9 Å². The lowest BCUT2D eigenvalue weighted by Crippen LogP contribution is -2.61. The van der Waals surface area contributed by atoms with Crippen LogP contribution in [0.5, 0.6) is 0 Å². The second-order valence-corrected chi connectivity index (χ2v) is 7.46. The Hall–Kier alpha value is -2.97. The van der Waals surface area contributed by atoms with Gasteiger partial charge in [-0.15, -0.1) is 0 Å². The first-order chi connectivity index (χ1) is 17.2. The van der Waals surface area contributed by atoms with Gasteiger partial charge in [0.25, 0.3) is 0 Å². The molecule has 1 aliphatic heterocycles. The van der Waals surface area contributed by atoms with Crippen LogP contribution in [0.25, 0.3) is 10.4 Å². The van der Waals surface area contributed by atoms with E-state index in [1.54, 1.807) is 0 Å². The minimum atomic E-state index is -1.26. The second kappa shape index (κ2) is 17.5. The molecule has 1 heterocycles. The van der Waals surface area contributed by atoms with Crippen LogP contribution in [-0.4, -0.2) is 101 Å². The molecule has 1 saturated heterocycles. The molecule has 204 valence electrons. The molecule has 0 aromatic rings. The van der Waals surface area contributed by atoms with Crippen molar-refractivity contribution in [3.05, 3.63) is 10.4 Å². The van der Waals surface area contributed by atoms with Crippen molar-refractivity contribution in [2.24, 2.45) is 5.11 Å². The third kappa shape index (κ3) is 12.1. The largest absolute Gasteiger partial charge is 0.469 e. The van der Waals surface area contributed by atoms with Gasteiger partial charge in [-0.25, -0.2) is 0 Å². The Morgan fingerprint density at radius 3 is 2.08 bits per heavy atom. The molecule has 15 heteroatoms. The van der Waals surface area contributed by atoms with Gasteiger partial charge in [-0.05, 0) is 12.0 Å². The predicted octanol–water partition coefficient (Wildman–Crippen LogP) is 0.820. The average Bonchev–Trinajstić information content (AvgIpc) is 2.81. The minimum Gasteiger partial charge on any atom is -0.469 e. The van der Waals surface area contributed by atoms with E-state index in [9.17, 15) is 19.2 Å². The Morgan fingerprint density at radius 2 is 1.50 bits per heavy atom. The van der Waals surface area contributed by atoms with Gasteiger partial charge >= 0.3 is 23.9 Å². The smallest absolute Gasteiger partial charge is 0.305 e. The molecule has 1 aliphatic rings. The lowest BCUT2D eigenvalue weighted by molar-refractivity contribution is -0.275. The molecular formula is C21H33N3O12. The third-order valence-electron chi connectivity index (χ3n) is 4.63. The first-order valence-corrected chi connectivity index (χ1v) is 11.2. The van der Waals surface area contributed by atoms with E-state index in [2.05, 4.69) is 14.8 Å². The van der Waals surface area contributed by atoms with Crippen molar-refractivity contribution in [2.45, 2.75) is 64.3 Å². The molecule has 0 spiro atoms. The number of carbonyl (C=O) groups is 4. The van der Waals surface area contributed by atoms with E-state index < -0.39 is 48.6 Å². The van der Waals surface area contributed by atoms with Crippen LogP contribution in [0, 0.1) is 0 Å². The molecule has 15 nitrogen and oxygen atoms in total. The summed E-state index contributed by atoms with van der Waals surface area (Å²) in [5.41, 5.74) is 9.04. The number of rotatable bonds is 16. The van der Waals surface area contributed by atoms with Crippen LogP contribution >= 0.6 is 0 Å². The fourth-order valence-corrected chi connectivity index (χ4v) is 3.17. The highest BCUT2D eigenvalue weighted by Crippen LogP contribution is 2.29. The molecule has 36 heavy (non-hydrogen) atoms. The quantitative estimate of drug-likeness (QED) is 0.0697. The minimum absolute atomic E-state index is 0.00420. The third-order valence-corrected chi connectivity index (χ3v) is 4.63. The zero-order chi connectivity index (χ0) is 26.9. The van der Waals surface area contributed by atoms with E-state index >= 15 is 0 Å². The molecule has 0 N–H and O–H groups in total. The summed E-state index contributed by atoms with van der Waals surface area (Å²) in [7, 11) is 1.32. The molecule has 0 unspecified atom stereocenters. The van der Waals surface area contributed by atoms with Crippen LogP contribution in [0.2, 0.25) is 0 Å². The first-order valence-electron chi connectivity index (χ1n) is 11.2. The van der Waals surface area contributed by atoms with Gasteiger partial charge in [0.2, 0.25) is 0 Å². The number of ether oxygens (including phenoxy) is 8. The molecule has 0 amide bonds. The SMILES string of the molecule is COC(=O)CCCOCCOCCO[C@@H]1O[C@H](COC(C)=O)[C@@H](OC(C)=O)[C@H](OC(C)=O)[C@@H]1N=[N+]=[N-]. The molecule has 1 rings (SSSR count). The molecule has 0 aromatic carbocycles. The van der Waals surface area contributed by atoms with Crippen LogP contribution in [0.4, 0.5) is 0 Å². The van der Waals surface area contributed by atoms with Gasteiger partial charge in [-0.3, -0.25) is 19.2 Å². The Kier molecular flexibility index (Phi) is 15.1. The Balaban J connectivity index is 2.69. The highest BCUT2D eigenvalue weighted by Gasteiger charge is 2.50. The van der Waals surface area contributed by atoms with Crippen LogP contribution < -0.4 is 0 Å². The van der Waals surface area contributed by atoms with E-state index in [1.807, 2.05) is 0 Å². The number of azide groups is 1. The maximum atomic E-state index is 11.7. The number of esters is 4. The second-order valence-electron chi connectivity index (χ2n) is 7.46.